The van der Waals surface area contributed by atoms with E-state index in [0.717, 1.165) is 38.5 Å². The van der Waals surface area contributed by atoms with Gasteiger partial charge in [-0.15, -0.1) is 0 Å². The number of hydrogen-bond donors (Lipinski definition) is 1. The van der Waals surface area contributed by atoms with E-state index in [0.29, 0.717) is 6.42 Å². The van der Waals surface area contributed by atoms with Gasteiger partial charge in [-0.2, -0.15) is 0 Å². The van der Waals surface area contributed by atoms with Crippen LogP contribution in [0.3, 0.4) is 0 Å². The van der Waals surface area contributed by atoms with E-state index in [2.05, 4.69) is 67.7 Å². The highest BCUT2D eigenvalue weighted by Gasteiger charge is 1.90. The van der Waals surface area contributed by atoms with Gasteiger partial charge in [-0.25, -0.2) is 0 Å². The Labute approximate surface area is 147 Å². The van der Waals surface area contributed by atoms with Crippen molar-refractivity contribution in [2.24, 2.45) is 0 Å². The fourth-order valence-corrected chi connectivity index (χ4v) is 1.85. The second-order valence-corrected chi connectivity index (χ2v) is 5.37. The lowest BCUT2D eigenvalue weighted by Gasteiger charge is -1.87. The molecule has 2 heteroatoms. The Bertz CT molecular complexity index is 462. The zero-order valence-corrected chi connectivity index (χ0v) is 14.9. The summed E-state index contributed by atoms with van der Waals surface area (Å²) in [5.74, 6) is -0.742. The molecule has 0 fully saturated rings. The number of carboxylic acid groups (broad SMARTS) is 1. The molecule has 24 heavy (non-hydrogen) atoms. The molecule has 2 nitrogen and oxygen atoms in total. The monoisotopic (exact) mass is 328 g/mol. The van der Waals surface area contributed by atoms with E-state index in [1.165, 1.54) is 0 Å². The van der Waals surface area contributed by atoms with E-state index >= 15 is 0 Å². The first kappa shape index (κ1) is 21.9. The third-order valence-electron chi connectivity index (χ3n) is 3.13. The normalized spacial score (nSPS) is 13.0. The van der Waals surface area contributed by atoms with E-state index in [4.69, 9.17) is 5.11 Å². The highest BCUT2D eigenvalue weighted by atomic mass is 16.4. The molecule has 0 heterocycles. The number of rotatable bonds is 14. The Hall–Kier alpha value is -2.09. The summed E-state index contributed by atoms with van der Waals surface area (Å²) in [7, 11) is 0. The molecule has 0 saturated heterocycles. The summed E-state index contributed by atoms with van der Waals surface area (Å²) in [6.45, 7) is 2.15. The van der Waals surface area contributed by atoms with Crippen molar-refractivity contribution in [3.63, 3.8) is 0 Å². The molecule has 0 aliphatic carbocycles. The van der Waals surface area contributed by atoms with Gasteiger partial charge in [0.05, 0.1) is 0 Å². The Morgan fingerprint density at radius 1 is 0.667 bits per heavy atom. The van der Waals surface area contributed by atoms with Crippen LogP contribution in [0.15, 0.2) is 72.9 Å². The summed E-state index contributed by atoms with van der Waals surface area (Å²) in [4.78, 5) is 10.3. The van der Waals surface area contributed by atoms with Gasteiger partial charge in [0.25, 0.3) is 0 Å². The number of carboxylic acids is 1. The van der Waals surface area contributed by atoms with Crippen molar-refractivity contribution in [1.82, 2.24) is 0 Å². The second-order valence-electron chi connectivity index (χ2n) is 5.37. The zero-order chi connectivity index (χ0) is 17.7. The number of allylic oxidation sites excluding steroid dienone is 12. The van der Waals surface area contributed by atoms with Crippen molar-refractivity contribution >= 4 is 5.97 Å². The van der Waals surface area contributed by atoms with Crippen molar-refractivity contribution < 1.29 is 9.90 Å². The fourth-order valence-electron chi connectivity index (χ4n) is 1.85. The second kappa shape index (κ2) is 19.0. The molecule has 1 N–H and O–H groups in total. The molecule has 0 aromatic rings. The van der Waals surface area contributed by atoms with Crippen LogP contribution in [0.1, 0.15) is 58.3 Å². The molecule has 0 aromatic heterocycles. The van der Waals surface area contributed by atoms with Gasteiger partial charge < -0.3 is 5.11 Å². The molecule has 0 spiro atoms. The highest BCUT2D eigenvalue weighted by molar-refractivity contribution is 5.66. The number of unbranched alkanes of at least 4 members (excludes halogenated alkanes) is 1. The maximum absolute atomic E-state index is 10.3. The lowest BCUT2D eigenvalue weighted by Crippen LogP contribution is -1.91. The summed E-state index contributed by atoms with van der Waals surface area (Å²) in [5.41, 5.74) is 0. The van der Waals surface area contributed by atoms with Crippen LogP contribution < -0.4 is 0 Å². The van der Waals surface area contributed by atoms with Crippen molar-refractivity contribution in [1.29, 1.82) is 0 Å². The van der Waals surface area contributed by atoms with E-state index < -0.39 is 5.97 Å². The largest absolute Gasteiger partial charge is 0.481 e. The van der Waals surface area contributed by atoms with Crippen LogP contribution in [0.2, 0.25) is 0 Å². The lowest BCUT2D eigenvalue weighted by atomic mass is 10.2. The zero-order valence-electron chi connectivity index (χ0n) is 14.9. The smallest absolute Gasteiger partial charge is 0.303 e. The van der Waals surface area contributed by atoms with Gasteiger partial charge in [-0.05, 0) is 44.9 Å². The van der Waals surface area contributed by atoms with Crippen LogP contribution in [0.4, 0.5) is 0 Å². The lowest BCUT2D eigenvalue weighted by molar-refractivity contribution is -0.136. The number of carbonyl (C=O) groups is 1. The fraction of sp³-hybridized carbons (Fsp3) is 0.409. The first-order chi connectivity index (χ1) is 11.8. The molecule has 0 amide bonds. The van der Waals surface area contributed by atoms with Gasteiger partial charge in [0.15, 0.2) is 0 Å². The summed E-state index contributed by atoms with van der Waals surface area (Å²) in [6, 6.07) is 0. The minimum Gasteiger partial charge on any atom is -0.481 e. The van der Waals surface area contributed by atoms with Gasteiger partial charge in [0.1, 0.15) is 0 Å². The van der Waals surface area contributed by atoms with Crippen molar-refractivity contribution in [3.8, 4) is 0 Å². The molecule has 0 radical (unpaired) electrons. The molecule has 0 saturated carbocycles. The third kappa shape index (κ3) is 19.9. The van der Waals surface area contributed by atoms with Gasteiger partial charge in [-0.3, -0.25) is 4.79 Å². The molecule has 0 aliphatic heterocycles. The molecule has 0 aliphatic rings. The van der Waals surface area contributed by atoms with E-state index in [1.807, 2.05) is 12.2 Å². The molecule has 0 bridgehead atoms. The standard InChI is InChI=1S/C22H32O2/c1-2-3-4-5-6-7-8-9-10-11-12-13-14-15-16-17-18-19-20-21-22(23)24/h3-4,6-7,10-13,15-16,18-19H,2,5,8-9,14,17,20-21H2,1H3,(H,23,24)/b4-3+,7-6+,11-10+,13-12+,16-15+,19-18+. The number of aliphatic carboxylic acids is 1. The van der Waals surface area contributed by atoms with Crippen molar-refractivity contribution in [2.75, 3.05) is 0 Å². The van der Waals surface area contributed by atoms with Crippen LogP contribution in [0.25, 0.3) is 0 Å². The average molecular weight is 328 g/mol. The van der Waals surface area contributed by atoms with Gasteiger partial charge in [0, 0.05) is 6.42 Å². The maximum Gasteiger partial charge on any atom is 0.303 e. The van der Waals surface area contributed by atoms with Crippen LogP contribution in [0, 0.1) is 0 Å². The Kier molecular flexibility index (Phi) is 17.3. The molecule has 0 unspecified atom stereocenters. The minimum absolute atomic E-state index is 0.209. The average Bonchev–Trinajstić information content (AvgIpc) is 2.56. The topological polar surface area (TPSA) is 37.3 Å². The van der Waals surface area contributed by atoms with Gasteiger partial charge >= 0.3 is 5.97 Å². The molecular weight excluding hydrogens is 296 g/mol. The summed E-state index contributed by atoms with van der Waals surface area (Å²) in [5, 5.41) is 8.49. The van der Waals surface area contributed by atoms with Crippen LogP contribution >= 0.6 is 0 Å². The van der Waals surface area contributed by atoms with Crippen molar-refractivity contribution in [3.05, 3.63) is 72.9 Å². The van der Waals surface area contributed by atoms with Crippen LogP contribution in [-0.2, 0) is 4.79 Å². The Morgan fingerprint density at radius 3 is 1.83 bits per heavy atom. The van der Waals surface area contributed by atoms with E-state index in [9.17, 15) is 4.79 Å². The summed E-state index contributed by atoms with van der Waals surface area (Å²) in [6.07, 6.45) is 32.5. The van der Waals surface area contributed by atoms with Gasteiger partial charge in [0.2, 0.25) is 0 Å². The summed E-state index contributed by atoms with van der Waals surface area (Å²) < 4.78 is 0. The molecule has 132 valence electrons. The maximum atomic E-state index is 10.3. The Balaban J connectivity index is 3.52. The molecule has 0 aromatic carbocycles. The predicted molar refractivity (Wildman–Crippen MR) is 105 cm³/mol. The minimum atomic E-state index is -0.742. The predicted octanol–water partition coefficient (Wildman–Crippen LogP) is 6.55. The molecule has 0 rings (SSSR count). The van der Waals surface area contributed by atoms with Crippen LogP contribution in [0.5, 0.6) is 0 Å². The van der Waals surface area contributed by atoms with Crippen LogP contribution in [-0.4, -0.2) is 11.1 Å². The highest BCUT2D eigenvalue weighted by Crippen LogP contribution is 1.97. The first-order valence-electron chi connectivity index (χ1n) is 8.90. The van der Waals surface area contributed by atoms with E-state index in [-0.39, 0.29) is 6.42 Å². The Morgan fingerprint density at radius 2 is 1.17 bits per heavy atom. The number of hydrogen-bond acceptors (Lipinski definition) is 1. The first-order valence-corrected chi connectivity index (χ1v) is 8.90. The molecular formula is C22H32O2. The quantitative estimate of drug-likeness (QED) is 0.223. The van der Waals surface area contributed by atoms with Crippen molar-refractivity contribution in [2.45, 2.75) is 58.3 Å². The van der Waals surface area contributed by atoms with Gasteiger partial charge in [-0.1, -0.05) is 79.8 Å². The SMILES string of the molecule is CC/C=C/C/C=C/CC/C=C/C=C/C/C=C/C/C=C/CCC(=O)O. The third-order valence-corrected chi connectivity index (χ3v) is 3.13. The summed E-state index contributed by atoms with van der Waals surface area (Å²) >= 11 is 0. The molecule has 0 atom stereocenters. The van der Waals surface area contributed by atoms with E-state index in [1.54, 1.807) is 0 Å².